The first-order chi connectivity index (χ1) is 15.8. The highest BCUT2D eigenvalue weighted by atomic mass is 28.3. The van der Waals surface area contributed by atoms with Crippen LogP contribution in [-0.2, 0) is 11.5 Å². The lowest BCUT2D eigenvalue weighted by molar-refractivity contribution is 0.0871. The molecule has 33 heavy (non-hydrogen) atoms. The van der Waals surface area contributed by atoms with Gasteiger partial charge in [0.1, 0.15) is 12.8 Å². The van der Waals surface area contributed by atoms with E-state index in [1.54, 1.807) is 0 Å². The van der Waals surface area contributed by atoms with Gasteiger partial charge in [0.15, 0.2) is 0 Å². The van der Waals surface area contributed by atoms with E-state index >= 15 is 0 Å². The summed E-state index contributed by atoms with van der Waals surface area (Å²) in [6.45, 7) is 10.4. The Labute approximate surface area is 196 Å². The van der Waals surface area contributed by atoms with E-state index < -0.39 is 14.2 Å². The van der Waals surface area contributed by atoms with Crippen LogP contribution in [-0.4, -0.2) is 39.3 Å². The van der Waals surface area contributed by atoms with Crippen molar-refractivity contribution in [1.82, 2.24) is 19.5 Å². The van der Waals surface area contributed by atoms with Crippen molar-refractivity contribution in [3.63, 3.8) is 0 Å². The molecule has 174 valence electrons. The number of rotatable bonds is 10. The van der Waals surface area contributed by atoms with E-state index in [1.165, 1.54) is 5.56 Å². The number of H-pyrrole nitrogens is 2. The van der Waals surface area contributed by atoms with Crippen LogP contribution in [0.3, 0.4) is 0 Å². The molecule has 0 spiro atoms. The van der Waals surface area contributed by atoms with Gasteiger partial charge >= 0.3 is 0 Å². The summed E-state index contributed by atoms with van der Waals surface area (Å²) in [5.74, 6) is -0.0952. The zero-order chi connectivity index (χ0) is 23.4. The van der Waals surface area contributed by atoms with E-state index in [1.807, 2.05) is 72.7 Å². The van der Waals surface area contributed by atoms with Crippen molar-refractivity contribution in [2.24, 2.45) is 0 Å². The van der Waals surface area contributed by atoms with Gasteiger partial charge in [0.05, 0.1) is 17.9 Å². The average Bonchev–Trinajstić information content (AvgIpc) is 3.54. The SMILES string of the molecule is Cc1ccc(C(O)c2ccc(C(c3cn(COCC[Si](C)(C)C)cn3)c3ccc[nH]3)[nH]2)cc1. The number of ether oxygens (including phenoxy) is 1. The summed E-state index contributed by atoms with van der Waals surface area (Å²) in [6.07, 6.45) is 5.08. The highest BCUT2D eigenvalue weighted by Gasteiger charge is 2.23. The monoisotopic (exact) mass is 462 g/mol. The van der Waals surface area contributed by atoms with Crippen LogP contribution in [0.1, 0.15) is 45.9 Å². The minimum Gasteiger partial charge on any atom is -0.382 e. The van der Waals surface area contributed by atoms with Gasteiger partial charge in [-0.1, -0.05) is 49.5 Å². The van der Waals surface area contributed by atoms with Gasteiger partial charge < -0.3 is 24.4 Å². The fourth-order valence-corrected chi connectivity index (χ4v) is 4.60. The largest absolute Gasteiger partial charge is 0.382 e. The van der Waals surface area contributed by atoms with Gasteiger partial charge in [-0.25, -0.2) is 4.98 Å². The maximum atomic E-state index is 10.9. The van der Waals surface area contributed by atoms with Crippen molar-refractivity contribution in [3.05, 3.63) is 101 Å². The first-order valence-electron chi connectivity index (χ1n) is 11.5. The van der Waals surface area contributed by atoms with Gasteiger partial charge in [-0.3, -0.25) is 0 Å². The van der Waals surface area contributed by atoms with E-state index in [0.717, 1.165) is 41.0 Å². The summed E-state index contributed by atoms with van der Waals surface area (Å²) in [5.41, 5.74) is 5.74. The Morgan fingerprint density at radius 3 is 2.48 bits per heavy atom. The topological polar surface area (TPSA) is 78.9 Å². The molecule has 0 saturated carbocycles. The predicted octanol–water partition coefficient (Wildman–Crippen LogP) is 5.42. The molecule has 0 saturated heterocycles. The van der Waals surface area contributed by atoms with Crippen LogP contribution >= 0.6 is 0 Å². The molecule has 6 nitrogen and oxygen atoms in total. The highest BCUT2D eigenvalue weighted by molar-refractivity contribution is 6.76. The molecule has 1 aromatic carbocycles. The van der Waals surface area contributed by atoms with Crippen LogP contribution in [0.5, 0.6) is 0 Å². The Morgan fingerprint density at radius 2 is 1.79 bits per heavy atom. The molecule has 0 bridgehead atoms. The number of aromatic nitrogens is 4. The number of aliphatic hydroxyl groups excluding tert-OH is 1. The number of hydrogen-bond donors (Lipinski definition) is 3. The molecule has 3 N–H and O–H groups in total. The summed E-state index contributed by atoms with van der Waals surface area (Å²) in [7, 11) is -1.10. The normalized spacial score (nSPS) is 13.8. The molecule has 7 heteroatoms. The molecule has 4 aromatic rings. The molecule has 0 aliphatic heterocycles. The molecule has 0 aliphatic carbocycles. The fourth-order valence-electron chi connectivity index (χ4n) is 3.84. The molecule has 0 radical (unpaired) electrons. The number of aryl methyl sites for hydroxylation is 1. The molecule has 2 atom stereocenters. The molecule has 2 unspecified atom stereocenters. The number of imidazole rings is 1. The number of aromatic amines is 2. The van der Waals surface area contributed by atoms with Crippen molar-refractivity contribution in [1.29, 1.82) is 0 Å². The Balaban J connectivity index is 1.52. The number of nitrogens with one attached hydrogen (secondary N) is 2. The lowest BCUT2D eigenvalue weighted by Crippen LogP contribution is -2.21. The van der Waals surface area contributed by atoms with Crippen molar-refractivity contribution in [2.75, 3.05) is 6.61 Å². The first-order valence-corrected chi connectivity index (χ1v) is 15.2. The first kappa shape index (κ1) is 23.3. The van der Waals surface area contributed by atoms with Gasteiger partial charge in [0, 0.05) is 44.2 Å². The lowest BCUT2D eigenvalue weighted by Gasteiger charge is -2.15. The minimum absolute atomic E-state index is 0.0952. The Bertz CT molecular complexity index is 1140. The number of nitrogens with zero attached hydrogens (tertiary/aromatic N) is 2. The maximum Gasteiger partial charge on any atom is 0.123 e. The summed E-state index contributed by atoms with van der Waals surface area (Å²) in [5, 5.41) is 10.9. The Hall–Kier alpha value is -2.87. The maximum absolute atomic E-state index is 10.9. The molecule has 3 heterocycles. The predicted molar refractivity (Wildman–Crippen MR) is 134 cm³/mol. The average molecular weight is 463 g/mol. The Kier molecular flexibility index (Phi) is 7.02. The minimum atomic E-state index is -1.10. The van der Waals surface area contributed by atoms with E-state index in [0.29, 0.717) is 6.73 Å². The van der Waals surface area contributed by atoms with Crippen molar-refractivity contribution < 1.29 is 9.84 Å². The third kappa shape index (κ3) is 5.93. The van der Waals surface area contributed by atoms with E-state index in [9.17, 15) is 5.11 Å². The summed E-state index contributed by atoms with van der Waals surface area (Å²) >= 11 is 0. The lowest BCUT2D eigenvalue weighted by atomic mass is 9.98. The summed E-state index contributed by atoms with van der Waals surface area (Å²) in [6, 6.07) is 17.1. The smallest absolute Gasteiger partial charge is 0.123 e. The third-order valence-corrected chi connectivity index (χ3v) is 7.55. The van der Waals surface area contributed by atoms with Crippen LogP contribution < -0.4 is 0 Å². The van der Waals surface area contributed by atoms with Crippen LogP contribution in [0.4, 0.5) is 0 Å². The van der Waals surface area contributed by atoms with Crippen LogP contribution in [0.25, 0.3) is 0 Å². The molecule has 0 amide bonds. The second kappa shape index (κ2) is 9.95. The summed E-state index contributed by atoms with van der Waals surface area (Å²) in [4.78, 5) is 11.5. The molecule has 0 fully saturated rings. The van der Waals surface area contributed by atoms with Gasteiger partial charge in [-0.15, -0.1) is 0 Å². The number of aliphatic hydroxyl groups is 1. The van der Waals surface area contributed by atoms with Crippen LogP contribution in [0, 0.1) is 6.92 Å². The molecule has 3 aromatic heterocycles. The molecular formula is C26H34N4O2Si. The third-order valence-electron chi connectivity index (χ3n) is 5.85. The van der Waals surface area contributed by atoms with Gasteiger partial charge in [-0.05, 0) is 42.8 Å². The van der Waals surface area contributed by atoms with Gasteiger partial charge in [0.25, 0.3) is 0 Å². The quantitative estimate of drug-likeness (QED) is 0.217. The van der Waals surface area contributed by atoms with E-state index in [4.69, 9.17) is 4.74 Å². The highest BCUT2D eigenvalue weighted by Crippen LogP contribution is 2.31. The Morgan fingerprint density at radius 1 is 1.03 bits per heavy atom. The van der Waals surface area contributed by atoms with Crippen LogP contribution in [0.15, 0.2) is 67.3 Å². The second-order valence-electron chi connectivity index (χ2n) is 9.90. The van der Waals surface area contributed by atoms with E-state index in [-0.39, 0.29) is 5.92 Å². The van der Waals surface area contributed by atoms with Crippen molar-refractivity contribution in [2.45, 2.75) is 51.4 Å². The standard InChI is InChI=1S/C26H34N4O2Si/c1-19-7-9-20(10-8-19)26(31)23-12-11-22(29-23)25(21-6-5-13-27-21)24-16-30(17-28-24)18-32-14-15-33(2,3)4/h5-13,16-17,25-27,29,31H,14-15,18H2,1-4H3. The number of benzene rings is 1. The van der Waals surface area contributed by atoms with Crippen molar-refractivity contribution >= 4 is 8.07 Å². The van der Waals surface area contributed by atoms with Crippen LogP contribution in [0.2, 0.25) is 25.7 Å². The van der Waals surface area contributed by atoms with E-state index in [2.05, 4.69) is 40.7 Å². The van der Waals surface area contributed by atoms with Crippen molar-refractivity contribution in [3.8, 4) is 0 Å². The molecule has 0 aliphatic rings. The zero-order valence-electron chi connectivity index (χ0n) is 19.9. The van der Waals surface area contributed by atoms with Gasteiger partial charge in [0.2, 0.25) is 0 Å². The molecule has 4 rings (SSSR count). The molecular weight excluding hydrogens is 428 g/mol. The summed E-state index contributed by atoms with van der Waals surface area (Å²) < 4.78 is 7.87. The second-order valence-corrected chi connectivity index (χ2v) is 15.5. The zero-order valence-corrected chi connectivity index (χ0v) is 20.9. The number of hydrogen-bond acceptors (Lipinski definition) is 3. The van der Waals surface area contributed by atoms with Gasteiger partial charge in [-0.2, -0.15) is 0 Å². The fraction of sp³-hybridized carbons (Fsp3) is 0.346.